The second-order valence-electron chi connectivity index (χ2n) is 4.55. The Labute approximate surface area is 118 Å². The first-order valence-electron chi connectivity index (χ1n) is 6.15. The summed E-state index contributed by atoms with van der Waals surface area (Å²) in [6.07, 6.45) is 3.46. The molecule has 0 saturated heterocycles. The number of pyridine rings is 1. The van der Waals surface area contributed by atoms with E-state index in [4.69, 9.17) is 18.0 Å². The molecule has 0 aliphatic carbocycles. The number of nitrogens with two attached hydrogens (primary N) is 1. The molecule has 0 bridgehead atoms. The molecule has 3 N–H and O–H groups in total. The van der Waals surface area contributed by atoms with E-state index in [1.807, 2.05) is 31.2 Å². The van der Waals surface area contributed by atoms with E-state index < -0.39 is 0 Å². The third kappa shape index (κ3) is 3.36. The van der Waals surface area contributed by atoms with Gasteiger partial charge in [0, 0.05) is 29.7 Å². The molecule has 1 aromatic carbocycles. The van der Waals surface area contributed by atoms with Gasteiger partial charge in [0.1, 0.15) is 4.99 Å². The average molecular weight is 271 g/mol. The van der Waals surface area contributed by atoms with Gasteiger partial charge in [-0.1, -0.05) is 24.4 Å². The number of benzene rings is 1. The zero-order valence-corrected chi connectivity index (χ0v) is 11.9. The van der Waals surface area contributed by atoms with E-state index in [0.717, 1.165) is 22.4 Å². The first-order valence-corrected chi connectivity index (χ1v) is 6.56. The lowest BCUT2D eigenvalue weighted by atomic mass is 10.0. The molecule has 2 rings (SSSR count). The van der Waals surface area contributed by atoms with Crippen molar-refractivity contribution in [2.75, 3.05) is 5.32 Å². The van der Waals surface area contributed by atoms with Crippen molar-refractivity contribution in [2.45, 2.75) is 19.9 Å². The standard InChI is InChI=1S/C15H17N3S/c1-10-9-12(3-4-14(10)11(2)16)15(19)18-13-5-7-17-8-6-13/h3-9,11H,16H2,1-2H3,(H,17,18,19). The SMILES string of the molecule is Cc1cc(C(=S)Nc2ccncc2)ccc1C(C)N. The number of anilines is 1. The molecule has 1 heterocycles. The van der Waals surface area contributed by atoms with Gasteiger partial charge in [-0.3, -0.25) is 4.98 Å². The highest BCUT2D eigenvalue weighted by Gasteiger charge is 2.07. The summed E-state index contributed by atoms with van der Waals surface area (Å²) in [4.78, 5) is 4.67. The van der Waals surface area contributed by atoms with Crippen LogP contribution in [0.25, 0.3) is 0 Å². The summed E-state index contributed by atoms with van der Waals surface area (Å²) in [5, 5.41) is 3.19. The van der Waals surface area contributed by atoms with Gasteiger partial charge in [0.05, 0.1) is 0 Å². The number of hydrogen-bond acceptors (Lipinski definition) is 3. The Balaban J connectivity index is 2.18. The van der Waals surface area contributed by atoms with Crippen molar-refractivity contribution in [3.8, 4) is 0 Å². The van der Waals surface area contributed by atoms with Crippen LogP contribution in [0, 0.1) is 6.92 Å². The fourth-order valence-electron chi connectivity index (χ4n) is 1.97. The normalized spacial score (nSPS) is 11.9. The summed E-state index contributed by atoms with van der Waals surface area (Å²) in [7, 11) is 0. The number of aryl methyl sites for hydroxylation is 1. The molecular weight excluding hydrogens is 254 g/mol. The first kappa shape index (κ1) is 13.6. The van der Waals surface area contributed by atoms with Gasteiger partial charge in [-0.2, -0.15) is 0 Å². The third-order valence-corrected chi connectivity index (χ3v) is 3.30. The van der Waals surface area contributed by atoms with Crippen molar-refractivity contribution in [3.05, 3.63) is 59.4 Å². The molecule has 2 aromatic rings. The molecule has 19 heavy (non-hydrogen) atoms. The highest BCUT2D eigenvalue weighted by molar-refractivity contribution is 7.81. The zero-order valence-electron chi connectivity index (χ0n) is 11.1. The van der Waals surface area contributed by atoms with E-state index in [0.29, 0.717) is 4.99 Å². The van der Waals surface area contributed by atoms with Gasteiger partial charge >= 0.3 is 0 Å². The second kappa shape index (κ2) is 5.91. The molecule has 0 aliphatic heterocycles. The van der Waals surface area contributed by atoms with E-state index in [1.165, 1.54) is 0 Å². The smallest absolute Gasteiger partial charge is 0.110 e. The Morgan fingerprint density at radius 2 is 1.95 bits per heavy atom. The molecule has 0 spiro atoms. The van der Waals surface area contributed by atoms with E-state index >= 15 is 0 Å². The van der Waals surface area contributed by atoms with Gasteiger partial charge < -0.3 is 11.1 Å². The zero-order chi connectivity index (χ0) is 13.8. The largest absolute Gasteiger partial charge is 0.346 e. The molecular formula is C15H17N3S. The van der Waals surface area contributed by atoms with Crippen LogP contribution in [-0.2, 0) is 0 Å². The minimum absolute atomic E-state index is 0.0378. The van der Waals surface area contributed by atoms with Crippen molar-refractivity contribution >= 4 is 22.9 Å². The molecule has 3 nitrogen and oxygen atoms in total. The van der Waals surface area contributed by atoms with Gasteiger partial charge in [0.25, 0.3) is 0 Å². The first-order chi connectivity index (χ1) is 9.08. The second-order valence-corrected chi connectivity index (χ2v) is 4.96. The lowest BCUT2D eigenvalue weighted by molar-refractivity contribution is 0.810. The Morgan fingerprint density at radius 1 is 1.26 bits per heavy atom. The van der Waals surface area contributed by atoms with E-state index in [1.54, 1.807) is 12.4 Å². The molecule has 0 fully saturated rings. The minimum Gasteiger partial charge on any atom is -0.346 e. The molecule has 98 valence electrons. The number of thiocarbonyl (C=S) groups is 1. The van der Waals surface area contributed by atoms with Crippen molar-refractivity contribution in [1.82, 2.24) is 4.98 Å². The van der Waals surface area contributed by atoms with Crippen LogP contribution in [0.2, 0.25) is 0 Å². The molecule has 0 saturated carbocycles. The number of aromatic nitrogens is 1. The number of hydrogen-bond donors (Lipinski definition) is 2. The topological polar surface area (TPSA) is 50.9 Å². The van der Waals surface area contributed by atoms with Crippen LogP contribution in [-0.4, -0.2) is 9.97 Å². The van der Waals surface area contributed by atoms with Gasteiger partial charge in [-0.25, -0.2) is 0 Å². The highest BCUT2D eigenvalue weighted by Crippen LogP contribution is 2.18. The monoisotopic (exact) mass is 271 g/mol. The summed E-state index contributed by atoms with van der Waals surface area (Å²) in [6.45, 7) is 4.03. The van der Waals surface area contributed by atoms with Gasteiger partial charge in [-0.05, 0) is 43.2 Å². The average Bonchev–Trinajstić information content (AvgIpc) is 2.39. The highest BCUT2D eigenvalue weighted by atomic mass is 32.1. The molecule has 1 unspecified atom stereocenters. The maximum atomic E-state index is 5.91. The fourth-order valence-corrected chi connectivity index (χ4v) is 2.21. The Morgan fingerprint density at radius 3 is 2.53 bits per heavy atom. The predicted molar refractivity (Wildman–Crippen MR) is 83.3 cm³/mol. The summed E-state index contributed by atoms with van der Waals surface area (Å²) in [6, 6.07) is 9.91. The molecule has 4 heteroatoms. The quantitative estimate of drug-likeness (QED) is 0.842. The number of rotatable bonds is 3. The molecule has 0 amide bonds. The summed E-state index contributed by atoms with van der Waals surface area (Å²) < 4.78 is 0. The summed E-state index contributed by atoms with van der Waals surface area (Å²) in [5.41, 5.74) is 10.1. The Kier molecular flexibility index (Phi) is 4.24. The third-order valence-electron chi connectivity index (χ3n) is 2.96. The van der Waals surface area contributed by atoms with E-state index in [2.05, 4.69) is 23.3 Å². The predicted octanol–water partition coefficient (Wildman–Crippen LogP) is 3.20. The Hall–Kier alpha value is -1.78. The molecule has 0 aliphatic rings. The Bertz CT molecular complexity index is 579. The summed E-state index contributed by atoms with van der Waals surface area (Å²) >= 11 is 5.41. The molecule has 1 atom stereocenters. The van der Waals surface area contributed by atoms with Gasteiger partial charge in [0.15, 0.2) is 0 Å². The van der Waals surface area contributed by atoms with Crippen molar-refractivity contribution in [3.63, 3.8) is 0 Å². The van der Waals surface area contributed by atoms with E-state index in [9.17, 15) is 0 Å². The van der Waals surface area contributed by atoms with Crippen LogP contribution in [0.1, 0.15) is 29.7 Å². The van der Waals surface area contributed by atoms with E-state index in [-0.39, 0.29) is 6.04 Å². The molecule has 1 aromatic heterocycles. The minimum atomic E-state index is 0.0378. The fraction of sp³-hybridized carbons (Fsp3) is 0.200. The summed E-state index contributed by atoms with van der Waals surface area (Å²) in [5.74, 6) is 0. The number of nitrogens with zero attached hydrogens (tertiary/aromatic N) is 1. The van der Waals surface area contributed by atoms with Crippen LogP contribution in [0.3, 0.4) is 0 Å². The van der Waals surface area contributed by atoms with Crippen LogP contribution in [0.15, 0.2) is 42.7 Å². The lowest BCUT2D eigenvalue weighted by Gasteiger charge is -2.13. The van der Waals surface area contributed by atoms with Crippen LogP contribution in [0.5, 0.6) is 0 Å². The van der Waals surface area contributed by atoms with Crippen molar-refractivity contribution < 1.29 is 0 Å². The van der Waals surface area contributed by atoms with Gasteiger partial charge in [-0.15, -0.1) is 0 Å². The van der Waals surface area contributed by atoms with Gasteiger partial charge in [0.2, 0.25) is 0 Å². The van der Waals surface area contributed by atoms with Crippen molar-refractivity contribution in [2.24, 2.45) is 5.73 Å². The van der Waals surface area contributed by atoms with Crippen LogP contribution in [0.4, 0.5) is 5.69 Å². The maximum Gasteiger partial charge on any atom is 0.110 e. The molecule has 0 radical (unpaired) electrons. The lowest BCUT2D eigenvalue weighted by Crippen LogP contribution is -2.12. The maximum absolute atomic E-state index is 5.91. The number of nitrogens with one attached hydrogen (secondary N) is 1. The van der Waals surface area contributed by atoms with Crippen LogP contribution >= 0.6 is 12.2 Å². The van der Waals surface area contributed by atoms with Crippen LogP contribution < -0.4 is 11.1 Å². The van der Waals surface area contributed by atoms with Crippen molar-refractivity contribution in [1.29, 1.82) is 0 Å².